The number of aromatic nitrogens is 4. The average molecular weight is 380 g/mol. The Bertz CT molecular complexity index is 891. The van der Waals surface area contributed by atoms with E-state index in [-0.39, 0.29) is 5.91 Å². The van der Waals surface area contributed by atoms with Crippen LogP contribution in [0.2, 0.25) is 0 Å². The van der Waals surface area contributed by atoms with Crippen LogP contribution in [0.15, 0.2) is 6.20 Å². The van der Waals surface area contributed by atoms with Crippen LogP contribution in [0.25, 0.3) is 0 Å². The molecule has 2 aliphatic heterocycles. The second kappa shape index (κ2) is 7.28. The van der Waals surface area contributed by atoms with Gasteiger partial charge in [-0.15, -0.1) is 0 Å². The zero-order valence-electron chi connectivity index (χ0n) is 16.6. The number of hydrogen-bond donors (Lipinski definition) is 1. The van der Waals surface area contributed by atoms with Crippen molar-refractivity contribution in [3.8, 4) is 0 Å². The van der Waals surface area contributed by atoms with E-state index in [1.54, 1.807) is 0 Å². The number of nitrogens with zero attached hydrogens (tertiary/aromatic N) is 5. The summed E-state index contributed by atoms with van der Waals surface area (Å²) in [6, 6.07) is 0. The summed E-state index contributed by atoms with van der Waals surface area (Å²) >= 11 is 0. The van der Waals surface area contributed by atoms with E-state index in [0.717, 1.165) is 73.5 Å². The molecule has 2 aromatic heterocycles. The van der Waals surface area contributed by atoms with Crippen LogP contribution in [0, 0.1) is 0 Å². The van der Waals surface area contributed by atoms with Gasteiger partial charge in [0.25, 0.3) is 5.91 Å². The van der Waals surface area contributed by atoms with Crippen LogP contribution in [-0.4, -0.2) is 62.6 Å². The summed E-state index contributed by atoms with van der Waals surface area (Å²) in [5, 5.41) is 7.45. The monoisotopic (exact) mass is 380 g/mol. The van der Waals surface area contributed by atoms with E-state index >= 15 is 0 Å². The molecule has 7 heteroatoms. The Hall–Kier alpha value is -2.28. The van der Waals surface area contributed by atoms with Crippen LogP contribution in [0.5, 0.6) is 0 Å². The van der Waals surface area contributed by atoms with Crippen LogP contribution < -0.4 is 0 Å². The summed E-state index contributed by atoms with van der Waals surface area (Å²) in [5.41, 5.74) is 5.11. The first-order valence-electron chi connectivity index (χ1n) is 10.6. The quantitative estimate of drug-likeness (QED) is 0.863. The Morgan fingerprint density at radius 2 is 2.07 bits per heavy atom. The molecule has 0 bridgehead atoms. The molecule has 1 fully saturated rings. The molecule has 1 amide bonds. The van der Waals surface area contributed by atoms with Crippen molar-refractivity contribution in [1.29, 1.82) is 0 Å². The number of likely N-dealkylation sites (N-methyl/N-ethyl adjacent to an activating group) is 1. The fourth-order valence-electron chi connectivity index (χ4n) is 4.89. The number of rotatable bonds is 2. The fraction of sp³-hybridized carbons (Fsp3) is 0.619. The first kappa shape index (κ1) is 17.8. The van der Waals surface area contributed by atoms with Crippen LogP contribution in [0.1, 0.15) is 70.4 Å². The van der Waals surface area contributed by atoms with Crippen molar-refractivity contribution in [3.63, 3.8) is 0 Å². The molecule has 0 saturated carbocycles. The zero-order valence-corrected chi connectivity index (χ0v) is 16.6. The van der Waals surface area contributed by atoms with E-state index in [1.165, 1.54) is 12.8 Å². The van der Waals surface area contributed by atoms with Gasteiger partial charge in [0.2, 0.25) is 0 Å². The molecular formula is C21H28N6O. The maximum atomic E-state index is 13.1. The lowest BCUT2D eigenvalue weighted by Crippen LogP contribution is -2.37. The second-order valence-electron chi connectivity index (χ2n) is 8.51. The SMILES string of the molecule is CN1CCC[C@@H](c2ncc3c(n2)CCN(C(=O)c2n[nH]c4c2CCCC4)C3)C1. The third-order valence-corrected chi connectivity index (χ3v) is 6.49. The average Bonchev–Trinajstić information content (AvgIpc) is 3.16. The van der Waals surface area contributed by atoms with Crippen molar-refractivity contribution >= 4 is 5.91 Å². The molecule has 0 spiro atoms. The molecule has 2 aromatic rings. The normalized spacial score (nSPS) is 22.6. The van der Waals surface area contributed by atoms with Crippen LogP contribution in [-0.2, 0) is 25.8 Å². The highest BCUT2D eigenvalue weighted by molar-refractivity contribution is 5.94. The number of likely N-dealkylation sites (tertiary alicyclic amines) is 1. The van der Waals surface area contributed by atoms with Crippen LogP contribution in [0.3, 0.4) is 0 Å². The molecule has 1 N–H and O–H groups in total. The number of piperidine rings is 1. The molecular weight excluding hydrogens is 352 g/mol. The summed E-state index contributed by atoms with van der Waals surface area (Å²) in [6.07, 6.45) is 9.40. The number of amides is 1. The summed E-state index contributed by atoms with van der Waals surface area (Å²) in [6.45, 7) is 3.48. The first-order valence-corrected chi connectivity index (χ1v) is 10.6. The number of carbonyl (C=O) groups is 1. The van der Waals surface area contributed by atoms with E-state index in [1.807, 2.05) is 11.1 Å². The maximum Gasteiger partial charge on any atom is 0.274 e. The molecule has 5 rings (SSSR count). The lowest BCUT2D eigenvalue weighted by atomic mass is 9.95. The number of hydrogen-bond acceptors (Lipinski definition) is 5. The van der Waals surface area contributed by atoms with Gasteiger partial charge in [-0.25, -0.2) is 9.97 Å². The van der Waals surface area contributed by atoms with Gasteiger partial charge in [0.1, 0.15) is 5.82 Å². The molecule has 0 unspecified atom stereocenters. The number of aryl methyl sites for hydroxylation is 1. The van der Waals surface area contributed by atoms with E-state index in [2.05, 4.69) is 27.1 Å². The lowest BCUT2D eigenvalue weighted by molar-refractivity contribution is 0.0725. The molecule has 7 nitrogen and oxygen atoms in total. The Morgan fingerprint density at radius 1 is 1.18 bits per heavy atom. The lowest BCUT2D eigenvalue weighted by Gasteiger charge is -2.31. The van der Waals surface area contributed by atoms with Crippen molar-refractivity contribution in [2.24, 2.45) is 0 Å². The standard InChI is InChI=1S/C21H28N6O/c1-26-9-4-5-14(12-26)20-22-11-15-13-27(10-8-17(15)23-20)21(28)19-16-6-2-3-7-18(16)24-25-19/h11,14H,2-10,12-13H2,1H3,(H,24,25)/t14-/m1/s1. The predicted octanol–water partition coefficient (Wildman–Crippen LogP) is 2.09. The highest BCUT2D eigenvalue weighted by Crippen LogP contribution is 2.27. The number of fused-ring (bicyclic) bond motifs is 2. The van der Waals surface area contributed by atoms with Gasteiger partial charge >= 0.3 is 0 Å². The van der Waals surface area contributed by atoms with E-state index < -0.39 is 0 Å². The van der Waals surface area contributed by atoms with Gasteiger partial charge < -0.3 is 9.80 Å². The fourth-order valence-corrected chi connectivity index (χ4v) is 4.89. The minimum atomic E-state index is 0.0445. The zero-order chi connectivity index (χ0) is 19.1. The third-order valence-electron chi connectivity index (χ3n) is 6.49. The highest BCUT2D eigenvalue weighted by Gasteiger charge is 2.29. The minimum Gasteiger partial charge on any atom is -0.332 e. The van der Waals surface area contributed by atoms with E-state index in [0.29, 0.717) is 24.7 Å². The van der Waals surface area contributed by atoms with E-state index in [4.69, 9.17) is 4.98 Å². The van der Waals surface area contributed by atoms with Gasteiger partial charge in [-0.1, -0.05) is 0 Å². The summed E-state index contributed by atoms with van der Waals surface area (Å²) in [4.78, 5) is 26.9. The molecule has 0 radical (unpaired) electrons. The van der Waals surface area contributed by atoms with Crippen molar-refractivity contribution in [2.45, 2.75) is 57.4 Å². The first-order chi connectivity index (χ1) is 13.7. The molecule has 3 aliphatic rings. The number of H-pyrrole nitrogens is 1. The van der Waals surface area contributed by atoms with Gasteiger partial charge in [0.15, 0.2) is 5.69 Å². The van der Waals surface area contributed by atoms with Gasteiger partial charge in [-0.3, -0.25) is 9.89 Å². The predicted molar refractivity (Wildman–Crippen MR) is 105 cm³/mol. The number of aromatic amines is 1. The van der Waals surface area contributed by atoms with Gasteiger partial charge in [-0.05, 0) is 52.1 Å². The van der Waals surface area contributed by atoms with Gasteiger partial charge in [-0.2, -0.15) is 5.10 Å². The third kappa shape index (κ3) is 3.21. The topological polar surface area (TPSA) is 78.0 Å². The molecule has 28 heavy (non-hydrogen) atoms. The smallest absolute Gasteiger partial charge is 0.274 e. The second-order valence-corrected chi connectivity index (χ2v) is 8.51. The summed E-state index contributed by atoms with van der Waals surface area (Å²) in [5.74, 6) is 1.45. The Kier molecular flexibility index (Phi) is 4.62. The van der Waals surface area contributed by atoms with Gasteiger partial charge in [0, 0.05) is 55.0 Å². The Morgan fingerprint density at radius 3 is 2.96 bits per heavy atom. The summed E-state index contributed by atoms with van der Waals surface area (Å²) in [7, 11) is 2.17. The highest BCUT2D eigenvalue weighted by atomic mass is 16.2. The number of carbonyl (C=O) groups excluding carboxylic acids is 1. The number of nitrogens with one attached hydrogen (secondary N) is 1. The largest absolute Gasteiger partial charge is 0.332 e. The molecule has 1 saturated heterocycles. The van der Waals surface area contributed by atoms with Gasteiger partial charge in [0.05, 0.1) is 5.69 Å². The van der Waals surface area contributed by atoms with Crippen molar-refractivity contribution in [2.75, 3.05) is 26.7 Å². The van der Waals surface area contributed by atoms with Crippen LogP contribution in [0.4, 0.5) is 0 Å². The van der Waals surface area contributed by atoms with Crippen molar-refractivity contribution in [3.05, 3.63) is 40.2 Å². The molecule has 148 valence electrons. The Balaban J connectivity index is 1.33. The summed E-state index contributed by atoms with van der Waals surface area (Å²) < 4.78 is 0. The molecule has 0 aromatic carbocycles. The Labute approximate surface area is 165 Å². The van der Waals surface area contributed by atoms with Crippen LogP contribution >= 0.6 is 0 Å². The van der Waals surface area contributed by atoms with E-state index in [9.17, 15) is 4.79 Å². The minimum absolute atomic E-state index is 0.0445. The van der Waals surface area contributed by atoms with Crippen molar-refractivity contribution < 1.29 is 4.79 Å². The molecule has 4 heterocycles. The molecule has 1 atom stereocenters. The maximum absolute atomic E-state index is 13.1. The van der Waals surface area contributed by atoms with Crippen molar-refractivity contribution in [1.82, 2.24) is 30.0 Å². The molecule has 1 aliphatic carbocycles.